The van der Waals surface area contributed by atoms with Gasteiger partial charge in [0, 0.05) is 9.50 Å². The number of ether oxygens (including phenoxy) is 2. The Hall–Kier alpha value is -3.36. The molecule has 3 amide bonds. The van der Waals surface area contributed by atoms with Crippen molar-refractivity contribution in [3.8, 4) is 11.5 Å². The van der Waals surface area contributed by atoms with Crippen LogP contribution in [-0.4, -0.2) is 23.9 Å². The molecule has 1 heterocycles. The Labute approximate surface area is 209 Å². The molecule has 0 unspecified atom stereocenters. The molecule has 1 aliphatic rings. The fourth-order valence-electron chi connectivity index (χ4n) is 3.36. The van der Waals surface area contributed by atoms with Crippen LogP contribution in [0.5, 0.6) is 11.5 Å². The molecule has 0 aromatic heterocycles. The molecule has 0 bridgehead atoms. The molecule has 1 aliphatic heterocycles. The molecule has 0 aliphatic carbocycles. The highest BCUT2D eigenvalue weighted by molar-refractivity contribution is 9.10. The summed E-state index contributed by atoms with van der Waals surface area (Å²) < 4.78 is 25.3. The monoisotopic (exact) mass is 544 g/mol. The lowest BCUT2D eigenvalue weighted by Gasteiger charge is -2.13. The summed E-state index contributed by atoms with van der Waals surface area (Å²) in [7, 11) is 1.49. The third kappa shape index (κ3) is 5.40. The second kappa shape index (κ2) is 10.3. The number of amides is 3. The number of methoxy groups -OCH3 is 1. The molecule has 0 spiro atoms. The molecule has 3 aromatic carbocycles. The Morgan fingerprint density at radius 1 is 1.06 bits per heavy atom. The molecule has 174 valence electrons. The molecule has 1 N–H and O–H groups in total. The van der Waals surface area contributed by atoms with Gasteiger partial charge in [0.15, 0.2) is 11.5 Å². The normalized spacial score (nSPS) is 14.5. The first-order valence-corrected chi connectivity index (χ1v) is 11.3. The Morgan fingerprint density at radius 3 is 2.53 bits per heavy atom. The molecule has 0 atom stereocenters. The minimum atomic E-state index is -0.510. The van der Waals surface area contributed by atoms with Gasteiger partial charge in [0.05, 0.1) is 13.7 Å². The van der Waals surface area contributed by atoms with Crippen molar-refractivity contribution in [2.45, 2.75) is 13.2 Å². The van der Waals surface area contributed by atoms with E-state index >= 15 is 0 Å². The lowest BCUT2D eigenvalue weighted by Crippen LogP contribution is -2.30. The maximum atomic E-state index is 13.4. The predicted octanol–water partition coefficient (Wildman–Crippen LogP) is 5.92. The van der Waals surface area contributed by atoms with Crippen LogP contribution in [0, 0.1) is 5.82 Å². The molecule has 34 heavy (non-hydrogen) atoms. The van der Waals surface area contributed by atoms with E-state index in [1.165, 1.54) is 19.2 Å². The fourth-order valence-corrected chi connectivity index (χ4v) is 3.93. The number of rotatable bonds is 7. The van der Waals surface area contributed by atoms with E-state index in [1.54, 1.807) is 54.6 Å². The van der Waals surface area contributed by atoms with Crippen LogP contribution in [0.25, 0.3) is 6.08 Å². The SMILES string of the molecule is COc1cc(/C=C2\NC(=O)N(Cc3ccc(Cl)cc3)C2=O)c(Br)cc1OCc1cccc(F)c1. The van der Waals surface area contributed by atoms with Gasteiger partial charge in [-0.1, -0.05) is 51.8 Å². The van der Waals surface area contributed by atoms with Gasteiger partial charge in [-0.3, -0.25) is 9.69 Å². The molecule has 3 aromatic rings. The van der Waals surface area contributed by atoms with Crippen molar-refractivity contribution in [2.24, 2.45) is 0 Å². The standard InChI is InChI=1S/C25H19BrClFN2O4/c1-33-22-11-17(20(26)12-23(22)34-14-16-3-2-4-19(28)9-16)10-21-24(31)30(25(32)29-21)13-15-5-7-18(27)8-6-15/h2-12H,13-14H2,1H3,(H,29,32)/b21-10-. The van der Waals surface area contributed by atoms with Crippen molar-refractivity contribution in [3.05, 3.63) is 98.4 Å². The number of hydrogen-bond acceptors (Lipinski definition) is 4. The number of carbonyl (C=O) groups excluding carboxylic acids is 2. The zero-order valence-electron chi connectivity index (χ0n) is 18.0. The zero-order valence-corrected chi connectivity index (χ0v) is 20.3. The highest BCUT2D eigenvalue weighted by atomic mass is 79.9. The summed E-state index contributed by atoms with van der Waals surface area (Å²) >= 11 is 9.38. The van der Waals surface area contributed by atoms with Crippen LogP contribution in [0.15, 0.2) is 70.8 Å². The van der Waals surface area contributed by atoms with Crippen molar-refractivity contribution in [3.63, 3.8) is 0 Å². The molecule has 1 fully saturated rings. The number of urea groups is 1. The van der Waals surface area contributed by atoms with Crippen molar-refractivity contribution >= 4 is 45.5 Å². The van der Waals surface area contributed by atoms with Gasteiger partial charge in [-0.15, -0.1) is 0 Å². The van der Waals surface area contributed by atoms with Gasteiger partial charge in [-0.25, -0.2) is 9.18 Å². The van der Waals surface area contributed by atoms with Crippen molar-refractivity contribution < 1.29 is 23.5 Å². The minimum Gasteiger partial charge on any atom is -0.493 e. The second-order valence-corrected chi connectivity index (χ2v) is 8.74. The second-order valence-electron chi connectivity index (χ2n) is 7.45. The van der Waals surface area contributed by atoms with E-state index in [0.717, 1.165) is 10.5 Å². The third-order valence-electron chi connectivity index (χ3n) is 5.08. The zero-order chi connectivity index (χ0) is 24.2. The van der Waals surface area contributed by atoms with Gasteiger partial charge in [-0.2, -0.15) is 0 Å². The van der Waals surface area contributed by atoms with Gasteiger partial charge >= 0.3 is 6.03 Å². The molecule has 0 radical (unpaired) electrons. The first kappa shape index (κ1) is 23.8. The van der Waals surface area contributed by atoms with Crippen LogP contribution >= 0.6 is 27.5 Å². The highest BCUT2D eigenvalue weighted by Gasteiger charge is 2.33. The molecule has 4 rings (SSSR count). The predicted molar refractivity (Wildman–Crippen MR) is 130 cm³/mol. The van der Waals surface area contributed by atoms with E-state index in [0.29, 0.717) is 32.1 Å². The lowest BCUT2D eigenvalue weighted by molar-refractivity contribution is -0.123. The van der Waals surface area contributed by atoms with Crippen LogP contribution < -0.4 is 14.8 Å². The van der Waals surface area contributed by atoms with Gasteiger partial charge in [0.2, 0.25) is 0 Å². The molecular formula is C25H19BrClFN2O4. The third-order valence-corrected chi connectivity index (χ3v) is 6.02. The van der Waals surface area contributed by atoms with E-state index in [-0.39, 0.29) is 24.7 Å². The first-order valence-electron chi connectivity index (χ1n) is 10.2. The van der Waals surface area contributed by atoms with Crippen LogP contribution in [0.2, 0.25) is 5.02 Å². The molecule has 0 saturated carbocycles. The summed E-state index contributed by atoms with van der Waals surface area (Å²) in [5.74, 6) is 0.0648. The van der Waals surface area contributed by atoms with Crippen LogP contribution in [0.3, 0.4) is 0 Å². The van der Waals surface area contributed by atoms with Crippen molar-refractivity contribution in [1.82, 2.24) is 10.2 Å². The van der Waals surface area contributed by atoms with Gasteiger partial charge in [-0.05, 0) is 59.2 Å². The molecular weight excluding hydrogens is 527 g/mol. The number of nitrogens with one attached hydrogen (secondary N) is 1. The van der Waals surface area contributed by atoms with E-state index in [2.05, 4.69) is 21.2 Å². The number of imide groups is 1. The number of nitrogens with zero attached hydrogens (tertiary/aromatic N) is 1. The number of benzene rings is 3. The maximum Gasteiger partial charge on any atom is 0.329 e. The van der Waals surface area contributed by atoms with Gasteiger partial charge in [0.25, 0.3) is 5.91 Å². The average molecular weight is 546 g/mol. The molecule has 1 saturated heterocycles. The largest absolute Gasteiger partial charge is 0.493 e. The van der Waals surface area contributed by atoms with Crippen LogP contribution in [-0.2, 0) is 17.9 Å². The number of carbonyl (C=O) groups is 2. The topological polar surface area (TPSA) is 67.9 Å². The van der Waals surface area contributed by atoms with Gasteiger partial charge in [0.1, 0.15) is 18.1 Å². The summed E-state index contributed by atoms with van der Waals surface area (Å²) in [4.78, 5) is 26.4. The summed E-state index contributed by atoms with van der Waals surface area (Å²) in [5, 5.41) is 3.18. The van der Waals surface area contributed by atoms with E-state index in [4.69, 9.17) is 21.1 Å². The van der Waals surface area contributed by atoms with Crippen LogP contribution in [0.4, 0.5) is 9.18 Å². The average Bonchev–Trinajstić information content (AvgIpc) is 3.07. The number of halogens is 3. The van der Waals surface area contributed by atoms with E-state index in [9.17, 15) is 14.0 Å². The van der Waals surface area contributed by atoms with Gasteiger partial charge < -0.3 is 14.8 Å². The van der Waals surface area contributed by atoms with Crippen LogP contribution in [0.1, 0.15) is 16.7 Å². The smallest absolute Gasteiger partial charge is 0.329 e. The fraction of sp³-hybridized carbons (Fsp3) is 0.120. The van der Waals surface area contributed by atoms with Crippen molar-refractivity contribution in [2.75, 3.05) is 7.11 Å². The quantitative estimate of drug-likeness (QED) is 0.296. The lowest BCUT2D eigenvalue weighted by atomic mass is 10.1. The summed E-state index contributed by atoms with van der Waals surface area (Å²) in [5.41, 5.74) is 2.18. The Morgan fingerprint density at radius 2 is 1.82 bits per heavy atom. The highest BCUT2D eigenvalue weighted by Crippen LogP contribution is 2.35. The summed E-state index contributed by atoms with van der Waals surface area (Å²) in [6.45, 7) is 0.270. The maximum absolute atomic E-state index is 13.4. The summed E-state index contributed by atoms with van der Waals surface area (Å²) in [6.07, 6.45) is 1.56. The number of hydrogen-bond donors (Lipinski definition) is 1. The van der Waals surface area contributed by atoms with E-state index in [1.807, 2.05) is 0 Å². The molecule has 6 nitrogen and oxygen atoms in total. The first-order chi connectivity index (χ1) is 16.3. The Bertz CT molecular complexity index is 1280. The Kier molecular flexibility index (Phi) is 7.19. The molecule has 9 heteroatoms. The van der Waals surface area contributed by atoms with E-state index < -0.39 is 11.9 Å². The van der Waals surface area contributed by atoms with Crippen molar-refractivity contribution in [1.29, 1.82) is 0 Å². The summed E-state index contributed by atoms with van der Waals surface area (Å²) in [6, 6.07) is 15.9. The minimum absolute atomic E-state index is 0.122. The Balaban J connectivity index is 1.53.